The maximum absolute atomic E-state index is 14.3. The number of rotatable bonds is 8. The summed E-state index contributed by atoms with van der Waals surface area (Å²) < 4.78 is 13.3. The molecule has 0 unspecified atom stereocenters. The second-order valence-corrected chi connectivity index (χ2v) is 14.1. The fourth-order valence-electron chi connectivity index (χ4n) is 4.34. The Balaban J connectivity index is 2.25. The molecule has 3 rings (SSSR count). The normalized spacial score (nSPS) is 12.0. The van der Waals surface area contributed by atoms with E-state index in [1.165, 1.54) is 0 Å². The van der Waals surface area contributed by atoms with Crippen LogP contribution >= 0.6 is 31.9 Å². The van der Waals surface area contributed by atoms with Crippen LogP contribution in [0.15, 0.2) is 51.4 Å². The molecule has 214 valence electrons. The van der Waals surface area contributed by atoms with Gasteiger partial charge in [0.2, 0.25) is 0 Å². The van der Waals surface area contributed by atoms with Crippen LogP contribution in [-0.4, -0.2) is 24.0 Å². The van der Waals surface area contributed by atoms with Crippen molar-refractivity contribution in [3.05, 3.63) is 84.8 Å². The SMILES string of the molecule is COc1cc(C(=O)c2cc(C(C)(C)C)cc(C(C)(C)C)c2)c(Oc2c(Br)cc(CC(=O)O)cc2Br)cc1C(C)C. The zero-order valence-corrected chi connectivity index (χ0v) is 27.8. The lowest BCUT2D eigenvalue weighted by molar-refractivity contribution is -0.136. The molecule has 0 atom stereocenters. The molecule has 0 amide bonds. The predicted octanol–water partition coefficient (Wildman–Crippen LogP) is 9.59. The molecular weight excluding hydrogens is 636 g/mol. The lowest BCUT2D eigenvalue weighted by Gasteiger charge is -2.26. The third-order valence-corrected chi connectivity index (χ3v) is 7.93. The van der Waals surface area contributed by atoms with Gasteiger partial charge in [-0.2, -0.15) is 0 Å². The molecule has 0 heterocycles. The molecule has 0 aliphatic carbocycles. The predicted molar refractivity (Wildman–Crippen MR) is 168 cm³/mol. The minimum atomic E-state index is -0.927. The Morgan fingerprint density at radius 2 is 1.35 bits per heavy atom. The minimum absolute atomic E-state index is 0.114. The number of carbonyl (C=O) groups is 2. The number of ether oxygens (including phenoxy) is 2. The molecule has 1 N–H and O–H groups in total. The van der Waals surface area contributed by atoms with Gasteiger partial charge in [-0.15, -0.1) is 0 Å². The van der Waals surface area contributed by atoms with Crippen molar-refractivity contribution in [3.63, 3.8) is 0 Å². The molecule has 0 aromatic heterocycles. The van der Waals surface area contributed by atoms with Gasteiger partial charge in [0.25, 0.3) is 0 Å². The van der Waals surface area contributed by atoms with E-state index in [-0.39, 0.29) is 29.0 Å². The van der Waals surface area contributed by atoms with Gasteiger partial charge in [-0.05, 0) is 102 Å². The highest BCUT2D eigenvalue weighted by Crippen LogP contribution is 2.42. The first kappa shape index (κ1) is 31.9. The minimum Gasteiger partial charge on any atom is -0.496 e. The van der Waals surface area contributed by atoms with Crippen molar-refractivity contribution in [1.29, 1.82) is 0 Å². The average molecular weight is 674 g/mol. The lowest BCUT2D eigenvalue weighted by Crippen LogP contribution is -2.18. The van der Waals surface area contributed by atoms with Gasteiger partial charge in [0.15, 0.2) is 11.5 Å². The molecule has 40 heavy (non-hydrogen) atoms. The van der Waals surface area contributed by atoms with Crippen molar-refractivity contribution < 1.29 is 24.2 Å². The van der Waals surface area contributed by atoms with E-state index in [0.717, 1.165) is 16.7 Å². The molecule has 5 nitrogen and oxygen atoms in total. The lowest BCUT2D eigenvalue weighted by atomic mass is 9.79. The first-order chi connectivity index (χ1) is 18.4. The number of carboxylic acid groups (broad SMARTS) is 1. The van der Waals surface area contributed by atoms with E-state index < -0.39 is 5.97 Å². The summed E-state index contributed by atoms with van der Waals surface area (Å²) in [5, 5.41) is 9.22. The quantitative estimate of drug-likeness (QED) is 0.241. The number of ketones is 1. The van der Waals surface area contributed by atoms with Gasteiger partial charge in [0.05, 0.1) is 28.0 Å². The Kier molecular flexibility index (Phi) is 9.62. The highest BCUT2D eigenvalue weighted by molar-refractivity contribution is 9.11. The van der Waals surface area contributed by atoms with Gasteiger partial charge in [0, 0.05) is 11.1 Å². The van der Waals surface area contributed by atoms with E-state index in [4.69, 9.17) is 9.47 Å². The summed E-state index contributed by atoms with van der Waals surface area (Å²) in [4.78, 5) is 25.5. The second kappa shape index (κ2) is 12.1. The van der Waals surface area contributed by atoms with E-state index in [9.17, 15) is 14.7 Å². The van der Waals surface area contributed by atoms with Crippen molar-refractivity contribution in [2.24, 2.45) is 0 Å². The summed E-state index contributed by atoms with van der Waals surface area (Å²) in [6.07, 6.45) is -0.124. The Morgan fingerprint density at radius 1 is 0.825 bits per heavy atom. The molecule has 3 aromatic rings. The number of carboxylic acids is 1. The van der Waals surface area contributed by atoms with Crippen LogP contribution in [0.3, 0.4) is 0 Å². The van der Waals surface area contributed by atoms with Crippen LogP contribution in [0, 0.1) is 0 Å². The zero-order valence-electron chi connectivity index (χ0n) is 24.7. The van der Waals surface area contributed by atoms with Crippen molar-refractivity contribution in [3.8, 4) is 17.2 Å². The number of halogens is 2. The third-order valence-electron chi connectivity index (χ3n) is 6.75. The molecule has 0 radical (unpaired) electrons. The number of carbonyl (C=O) groups excluding carboxylic acids is 1. The number of hydrogen-bond acceptors (Lipinski definition) is 4. The smallest absolute Gasteiger partial charge is 0.307 e. The third kappa shape index (κ3) is 7.35. The number of benzene rings is 3. The van der Waals surface area contributed by atoms with Gasteiger partial charge in [-0.3, -0.25) is 9.59 Å². The van der Waals surface area contributed by atoms with Gasteiger partial charge >= 0.3 is 5.97 Å². The van der Waals surface area contributed by atoms with Crippen LogP contribution in [0.5, 0.6) is 17.2 Å². The van der Waals surface area contributed by atoms with Gasteiger partial charge in [-0.25, -0.2) is 0 Å². The summed E-state index contributed by atoms with van der Waals surface area (Å²) in [6.45, 7) is 16.9. The van der Waals surface area contributed by atoms with E-state index in [1.54, 1.807) is 25.3 Å². The van der Waals surface area contributed by atoms with E-state index in [1.807, 2.05) is 18.2 Å². The summed E-state index contributed by atoms with van der Waals surface area (Å²) in [7, 11) is 1.60. The van der Waals surface area contributed by atoms with Crippen molar-refractivity contribution >= 4 is 43.6 Å². The van der Waals surface area contributed by atoms with Crippen LogP contribution < -0.4 is 9.47 Å². The second-order valence-electron chi connectivity index (χ2n) is 12.4. The van der Waals surface area contributed by atoms with Gasteiger partial charge < -0.3 is 14.6 Å². The fourth-order valence-corrected chi connectivity index (χ4v) is 5.79. The molecule has 0 aliphatic heterocycles. The summed E-state index contributed by atoms with van der Waals surface area (Å²) in [5.74, 6) is 0.466. The first-order valence-electron chi connectivity index (χ1n) is 13.2. The molecule has 0 bridgehead atoms. The summed E-state index contributed by atoms with van der Waals surface area (Å²) >= 11 is 7.07. The monoisotopic (exact) mass is 672 g/mol. The summed E-state index contributed by atoms with van der Waals surface area (Å²) in [5.41, 5.74) is 4.33. The Hall–Kier alpha value is -2.64. The maximum atomic E-state index is 14.3. The Labute approximate surface area is 254 Å². The molecular formula is C33H38Br2O5. The van der Waals surface area contributed by atoms with E-state index in [2.05, 4.69) is 93.3 Å². The van der Waals surface area contributed by atoms with Gasteiger partial charge in [-0.1, -0.05) is 61.5 Å². The maximum Gasteiger partial charge on any atom is 0.307 e. The molecule has 0 saturated carbocycles. The van der Waals surface area contributed by atoms with Crippen molar-refractivity contribution in [1.82, 2.24) is 0 Å². The van der Waals surface area contributed by atoms with Crippen LogP contribution in [0.1, 0.15) is 99.5 Å². The molecule has 0 fully saturated rings. The zero-order chi connectivity index (χ0) is 30.2. The highest BCUT2D eigenvalue weighted by atomic mass is 79.9. The number of hydrogen-bond donors (Lipinski definition) is 1. The molecule has 0 spiro atoms. The Morgan fingerprint density at radius 3 is 1.77 bits per heavy atom. The van der Waals surface area contributed by atoms with Gasteiger partial charge in [0.1, 0.15) is 11.5 Å². The van der Waals surface area contributed by atoms with E-state index >= 15 is 0 Å². The van der Waals surface area contributed by atoms with Crippen LogP contribution in [0.25, 0.3) is 0 Å². The topological polar surface area (TPSA) is 72.8 Å². The first-order valence-corrected chi connectivity index (χ1v) is 14.8. The molecule has 0 saturated heterocycles. The molecule has 0 aliphatic rings. The van der Waals surface area contributed by atoms with E-state index in [0.29, 0.717) is 42.9 Å². The van der Waals surface area contributed by atoms with Crippen molar-refractivity contribution in [2.75, 3.05) is 7.11 Å². The van der Waals surface area contributed by atoms with Crippen LogP contribution in [0.4, 0.5) is 0 Å². The highest BCUT2D eigenvalue weighted by Gasteiger charge is 2.26. The van der Waals surface area contributed by atoms with Crippen molar-refractivity contribution in [2.45, 2.75) is 78.6 Å². The van der Waals surface area contributed by atoms with Crippen LogP contribution in [-0.2, 0) is 22.0 Å². The standard InChI is InChI=1S/C33H38Br2O5/c1-18(2)23-16-28(40-31-25(34)10-19(11-26(31)35)12-29(36)37)24(17-27(23)39-9)30(38)20-13-21(32(3,4)5)15-22(14-20)33(6,7)8/h10-11,13-18H,12H2,1-9H3,(H,36,37). The largest absolute Gasteiger partial charge is 0.496 e. The van der Waals surface area contributed by atoms with Crippen LogP contribution in [0.2, 0.25) is 0 Å². The molecule has 7 heteroatoms. The Bertz CT molecular complexity index is 1390. The number of aliphatic carboxylic acids is 1. The fraction of sp³-hybridized carbons (Fsp3) is 0.394. The summed E-state index contributed by atoms with van der Waals surface area (Å²) in [6, 6.07) is 13.2. The average Bonchev–Trinajstić information content (AvgIpc) is 2.83. The number of methoxy groups -OCH3 is 1. The molecule has 3 aromatic carbocycles.